The molecule has 0 amide bonds. The molecule has 1 aliphatic heterocycles. The van der Waals surface area contributed by atoms with Gasteiger partial charge in [-0.25, -0.2) is 9.98 Å². The van der Waals surface area contributed by atoms with Crippen LogP contribution in [0.15, 0.2) is 94.9 Å². The molecule has 0 unspecified atom stereocenters. The summed E-state index contributed by atoms with van der Waals surface area (Å²) in [7, 11) is 4.95. The van der Waals surface area contributed by atoms with Gasteiger partial charge in [0.25, 0.3) is 0 Å². The van der Waals surface area contributed by atoms with E-state index < -0.39 is 0 Å². The summed E-state index contributed by atoms with van der Waals surface area (Å²) in [5.74, 6) is 3.91. The zero-order valence-electron chi connectivity index (χ0n) is 17.6. The number of hydrogen-bond donors (Lipinski definition) is 0. The predicted octanol–water partition coefficient (Wildman–Crippen LogP) is 5.55. The second kappa shape index (κ2) is 9.17. The molecule has 0 spiro atoms. The lowest BCUT2D eigenvalue weighted by Gasteiger charge is -2.20. The quantitative estimate of drug-likeness (QED) is 0.532. The number of anilines is 1. The molecule has 1 aliphatic rings. The predicted molar refractivity (Wildman–Crippen MR) is 125 cm³/mol. The molecule has 0 aliphatic carbocycles. The lowest BCUT2D eigenvalue weighted by Crippen LogP contribution is -2.29. The molecule has 3 aromatic rings. The Kier molecular flexibility index (Phi) is 5.98. The van der Waals surface area contributed by atoms with Crippen molar-refractivity contribution in [1.29, 1.82) is 0 Å². The van der Waals surface area contributed by atoms with Gasteiger partial charge < -0.3 is 14.2 Å². The molecule has 0 fully saturated rings. The highest BCUT2D eigenvalue weighted by molar-refractivity contribution is 6.32. The molecule has 4 rings (SSSR count). The van der Waals surface area contributed by atoms with E-state index in [1.165, 1.54) is 0 Å². The Balaban J connectivity index is 1.72. The first-order chi connectivity index (χ1) is 15.2. The first kappa shape index (κ1) is 20.2. The zero-order chi connectivity index (χ0) is 21.6. The fourth-order valence-corrected chi connectivity index (χ4v) is 3.16. The van der Waals surface area contributed by atoms with Gasteiger partial charge in [-0.1, -0.05) is 0 Å². The third kappa shape index (κ3) is 4.59. The molecule has 0 saturated heterocycles. The largest absolute Gasteiger partial charge is 0.497 e. The van der Waals surface area contributed by atoms with Crippen molar-refractivity contribution in [3.63, 3.8) is 0 Å². The fourth-order valence-electron chi connectivity index (χ4n) is 3.16. The Hall–Kier alpha value is -4.06. The van der Waals surface area contributed by atoms with Crippen LogP contribution in [0.25, 0.3) is 0 Å². The summed E-state index contributed by atoms with van der Waals surface area (Å²) in [6.45, 7) is 0. The Morgan fingerprint density at radius 3 is 1.23 bits per heavy atom. The minimum Gasteiger partial charge on any atom is -0.497 e. The maximum absolute atomic E-state index is 5.30. The molecular formula is C25H23N3O3. The second-order valence-electron chi connectivity index (χ2n) is 6.70. The molecule has 0 saturated carbocycles. The van der Waals surface area contributed by atoms with E-state index in [0.29, 0.717) is 0 Å². The normalized spacial score (nSPS) is 15.5. The van der Waals surface area contributed by atoms with Crippen molar-refractivity contribution in [2.75, 3.05) is 26.2 Å². The number of amidine groups is 2. The van der Waals surface area contributed by atoms with Gasteiger partial charge in [0.05, 0.1) is 32.7 Å². The van der Waals surface area contributed by atoms with Crippen molar-refractivity contribution in [3.05, 3.63) is 84.9 Å². The third-order valence-corrected chi connectivity index (χ3v) is 4.80. The number of rotatable bonds is 6. The monoisotopic (exact) mass is 413 g/mol. The first-order valence-electron chi connectivity index (χ1n) is 9.78. The molecule has 0 N–H and O–H groups in total. The molecule has 6 nitrogen and oxygen atoms in total. The third-order valence-electron chi connectivity index (χ3n) is 4.80. The van der Waals surface area contributed by atoms with Crippen LogP contribution in [0.1, 0.15) is 0 Å². The molecule has 3 aromatic carbocycles. The highest BCUT2D eigenvalue weighted by Crippen LogP contribution is 2.28. The van der Waals surface area contributed by atoms with Gasteiger partial charge in [0, 0.05) is 5.69 Å². The van der Waals surface area contributed by atoms with Crippen molar-refractivity contribution < 1.29 is 14.2 Å². The molecular weight excluding hydrogens is 390 g/mol. The van der Waals surface area contributed by atoms with Gasteiger partial charge >= 0.3 is 0 Å². The van der Waals surface area contributed by atoms with Crippen molar-refractivity contribution in [3.8, 4) is 17.2 Å². The van der Waals surface area contributed by atoms with Gasteiger partial charge in [0.2, 0.25) is 0 Å². The smallest absolute Gasteiger partial charge is 0.139 e. The van der Waals surface area contributed by atoms with E-state index in [0.717, 1.165) is 46.0 Å². The Bertz CT molecular complexity index is 1050. The standard InChI is InChI=1S/C25H23N3O3/c1-29-21-10-4-18(5-11-21)26-24-16-17-25(27-19-6-12-22(30-2)13-7-19)28(24)20-8-14-23(31-3)15-9-20/h4-17H,1-3H3. The van der Waals surface area contributed by atoms with Crippen LogP contribution in [0.2, 0.25) is 0 Å². The van der Waals surface area contributed by atoms with Crippen molar-refractivity contribution in [2.24, 2.45) is 9.98 Å². The van der Waals surface area contributed by atoms with Crippen LogP contribution in [0.5, 0.6) is 17.2 Å². The minimum atomic E-state index is 0.766. The number of methoxy groups -OCH3 is 3. The number of aliphatic imine (C=N–C) groups is 2. The summed E-state index contributed by atoms with van der Waals surface area (Å²) >= 11 is 0. The van der Waals surface area contributed by atoms with Gasteiger partial charge in [-0.15, -0.1) is 0 Å². The maximum atomic E-state index is 5.30. The number of benzene rings is 3. The molecule has 0 aromatic heterocycles. The second-order valence-corrected chi connectivity index (χ2v) is 6.70. The van der Waals surface area contributed by atoms with Gasteiger partial charge in [0.15, 0.2) is 0 Å². The van der Waals surface area contributed by atoms with E-state index in [-0.39, 0.29) is 0 Å². The molecule has 0 bridgehead atoms. The Morgan fingerprint density at radius 2 is 0.871 bits per heavy atom. The van der Waals surface area contributed by atoms with E-state index in [1.807, 2.05) is 89.8 Å². The molecule has 0 radical (unpaired) electrons. The van der Waals surface area contributed by atoms with Crippen LogP contribution >= 0.6 is 0 Å². The summed E-state index contributed by atoms with van der Waals surface area (Å²) in [5, 5.41) is 0. The van der Waals surface area contributed by atoms with Gasteiger partial charge in [-0.05, 0) is 84.9 Å². The number of ether oxygens (including phenoxy) is 3. The zero-order valence-corrected chi connectivity index (χ0v) is 17.6. The number of hydrogen-bond acceptors (Lipinski definition) is 5. The van der Waals surface area contributed by atoms with E-state index in [9.17, 15) is 0 Å². The first-order valence-corrected chi connectivity index (χ1v) is 9.78. The maximum Gasteiger partial charge on any atom is 0.139 e. The minimum absolute atomic E-state index is 0.766. The van der Waals surface area contributed by atoms with Crippen molar-refractivity contribution in [2.45, 2.75) is 0 Å². The lowest BCUT2D eigenvalue weighted by atomic mass is 10.2. The van der Waals surface area contributed by atoms with Crippen LogP contribution in [0.3, 0.4) is 0 Å². The van der Waals surface area contributed by atoms with Crippen LogP contribution in [-0.4, -0.2) is 33.0 Å². The van der Waals surface area contributed by atoms with Crippen LogP contribution in [0.4, 0.5) is 17.1 Å². The summed E-state index contributed by atoms with van der Waals surface area (Å²) in [6.07, 6.45) is 3.91. The van der Waals surface area contributed by atoms with Crippen molar-refractivity contribution >= 4 is 28.7 Å². The Labute approximate surface area is 181 Å². The average Bonchev–Trinajstić information content (AvgIpc) is 3.21. The molecule has 6 heteroatoms. The fraction of sp³-hybridized carbons (Fsp3) is 0.120. The molecule has 156 valence electrons. The SMILES string of the molecule is COc1ccc(N=C2C=CC(=Nc3ccc(OC)cc3)N2c2ccc(OC)cc2)cc1. The van der Waals surface area contributed by atoms with Gasteiger partial charge in [-0.3, -0.25) is 4.90 Å². The topological polar surface area (TPSA) is 55.7 Å². The highest BCUT2D eigenvalue weighted by Gasteiger charge is 2.22. The summed E-state index contributed by atoms with van der Waals surface area (Å²) in [5.41, 5.74) is 2.58. The van der Waals surface area contributed by atoms with Crippen LogP contribution in [0, 0.1) is 0 Å². The summed E-state index contributed by atoms with van der Waals surface area (Å²) < 4.78 is 15.8. The van der Waals surface area contributed by atoms with E-state index in [1.54, 1.807) is 21.3 Å². The summed E-state index contributed by atoms with van der Waals surface area (Å²) in [6, 6.07) is 23.1. The summed E-state index contributed by atoms with van der Waals surface area (Å²) in [4.78, 5) is 11.7. The van der Waals surface area contributed by atoms with Crippen LogP contribution in [-0.2, 0) is 0 Å². The molecule has 0 atom stereocenters. The van der Waals surface area contributed by atoms with Crippen LogP contribution < -0.4 is 19.1 Å². The lowest BCUT2D eigenvalue weighted by molar-refractivity contribution is 0.415. The molecule has 31 heavy (non-hydrogen) atoms. The average molecular weight is 413 g/mol. The van der Waals surface area contributed by atoms with Crippen molar-refractivity contribution in [1.82, 2.24) is 0 Å². The van der Waals surface area contributed by atoms with Gasteiger partial charge in [0.1, 0.15) is 28.9 Å². The highest BCUT2D eigenvalue weighted by atomic mass is 16.5. The van der Waals surface area contributed by atoms with E-state index in [2.05, 4.69) is 0 Å². The van der Waals surface area contributed by atoms with Gasteiger partial charge in [-0.2, -0.15) is 0 Å². The van der Waals surface area contributed by atoms with E-state index in [4.69, 9.17) is 24.2 Å². The Morgan fingerprint density at radius 1 is 0.516 bits per heavy atom. The number of nitrogens with zero attached hydrogens (tertiary/aromatic N) is 3. The van der Waals surface area contributed by atoms with E-state index >= 15 is 0 Å². The molecule has 1 heterocycles.